The molecule has 0 aliphatic heterocycles. The van der Waals surface area contributed by atoms with Crippen LogP contribution in [0.2, 0.25) is 0 Å². The predicted molar refractivity (Wildman–Crippen MR) is 57.3 cm³/mol. The molecule has 2 rings (SSSR count). The molecule has 3 nitrogen and oxygen atoms in total. The average Bonchev–Trinajstić information content (AvgIpc) is 2.80. The van der Waals surface area contributed by atoms with Crippen molar-refractivity contribution in [2.24, 2.45) is 11.8 Å². The van der Waals surface area contributed by atoms with Crippen molar-refractivity contribution in [1.29, 1.82) is 0 Å². The van der Waals surface area contributed by atoms with Gasteiger partial charge in [-0.15, -0.1) is 0 Å². The zero-order valence-corrected chi connectivity index (χ0v) is 9.06. The Morgan fingerprint density at radius 1 is 1.40 bits per heavy atom. The number of hydrogen-bond donors (Lipinski definition) is 1. The number of aliphatic hydroxyl groups excluding tert-OH is 1. The lowest BCUT2D eigenvalue weighted by Crippen LogP contribution is -2.28. The van der Waals surface area contributed by atoms with Crippen LogP contribution in [0.3, 0.4) is 0 Å². The van der Waals surface area contributed by atoms with E-state index in [-0.39, 0.29) is 24.2 Å². The predicted octanol–water partition coefficient (Wildman–Crippen LogP) is 2.26. The van der Waals surface area contributed by atoms with E-state index in [0.29, 0.717) is 0 Å². The highest BCUT2D eigenvalue weighted by atomic mass is 16.3. The molecule has 1 N–H and O–H groups in total. The number of carbonyl (C=O) groups excluding carboxylic acids is 1. The van der Waals surface area contributed by atoms with Crippen LogP contribution in [0, 0.1) is 11.8 Å². The zero-order valence-electron chi connectivity index (χ0n) is 9.06. The van der Waals surface area contributed by atoms with Gasteiger partial charge in [0.15, 0.2) is 0 Å². The first kappa shape index (κ1) is 12.0. The zero-order chi connectivity index (χ0) is 11.1. The Bertz CT molecular complexity index is 249. The fraction of sp³-hybridized carbons (Fsp3) is 0.583. The van der Waals surface area contributed by atoms with Crippen LogP contribution < -0.4 is 0 Å². The number of carbonyl (C=O) groups is 1. The second-order valence-corrected chi connectivity index (χ2v) is 3.91. The van der Waals surface area contributed by atoms with Crippen molar-refractivity contribution in [2.45, 2.75) is 26.2 Å². The summed E-state index contributed by atoms with van der Waals surface area (Å²) in [6.07, 6.45) is 6.24. The van der Waals surface area contributed by atoms with E-state index in [4.69, 9.17) is 5.11 Å². The highest BCUT2D eigenvalue weighted by Gasteiger charge is 2.26. The summed E-state index contributed by atoms with van der Waals surface area (Å²) in [5.41, 5.74) is 0. The van der Waals surface area contributed by atoms with Gasteiger partial charge in [-0.05, 0) is 25.0 Å². The standard InChI is InChI=1S/C8H14O2.C4H4O/c1-6-3-2-4-7(5-9)8(6)10;1-2-4-5-3-1/h6-7,9H,2-5H2,1H3;1-4H. The SMILES string of the molecule is CC1CCCC(CO)C1=O.c1ccoc1. The van der Waals surface area contributed by atoms with E-state index in [1.54, 1.807) is 12.5 Å². The lowest BCUT2D eigenvalue weighted by Gasteiger charge is -2.23. The molecule has 0 amide bonds. The Hall–Kier alpha value is -1.09. The summed E-state index contributed by atoms with van der Waals surface area (Å²) in [7, 11) is 0. The number of aliphatic hydroxyl groups is 1. The third-order valence-electron chi connectivity index (χ3n) is 2.72. The van der Waals surface area contributed by atoms with Gasteiger partial charge in [-0.1, -0.05) is 13.3 Å². The maximum Gasteiger partial charge on any atom is 0.141 e. The summed E-state index contributed by atoms with van der Waals surface area (Å²) in [6, 6.07) is 3.67. The van der Waals surface area contributed by atoms with Crippen LogP contribution in [0.5, 0.6) is 0 Å². The molecule has 2 unspecified atom stereocenters. The Morgan fingerprint density at radius 3 is 2.47 bits per heavy atom. The first-order chi connectivity index (χ1) is 7.25. The van der Waals surface area contributed by atoms with Crippen molar-refractivity contribution in [3.05, 3.63) is 24.7 Å². The van der Waals surface area contributed by atoms with Crippen LogP contribution >= 0.6 is 0 Å². The second kappa shape index (κ2) is 6.40. The third-order valence-corrected chi connectivity index (χ3v) is 2.72. The molecule has 1 aromatic rings. The van der Waals surface area contributed by atoms with Gasteiger partial charge < -0.3 is 9.52 Å². The van der Waals surface area contributed by atoms with E-state index in [1.807, 2.05) is 19.1 Å². The van der Waals surface area contributed by atoms with Gasteiger partial charge in [0.1, 0.15) is 5.78 Å². The molecule has 3 heteroatoms. The Labute approximate surface area is 90.1 Å². The number of hydrogen-bond acceptors (Lipinski definition) is 3. The van der Waals surface area contributed by atoms with Gasteiger partial charge in [0.25, 0.3) is 0 Å². The summed E-state index contributed by atoms with van der Waals surface area (Å²) < 4.78 is 4.58. The van der Waals surface area contributed by atoms with Gasteiger partial charge in [-0.2, -0.15) is 0 Å². The van der Waals surface area contributed by atoms with Crippen molar-refractivity contribution in [3.8, 4) is 0 Å². The van der Waals surface area contributed by atoms with Crippen molar-refractivity contribution in [2.75, 3.05) is 6.61 Å². The van der Waals surface area contributed by atoms with Gasteiger partial charge in [-0.3, -0.25) is 4.79 Å². The van der Waals surface area contributed by atoms with Crippen molar-refractivity contribution in [1.82, 2.24) is 0 Å². The van der Waals surface area contributed by atoms with E-state index >= 15 is 0 Å². The quantitative estimate of drug-likeness (QED) is 0.773. The van der Waals surface area contributed by atoms with Crippen LogP contribution in [0.15, 0.2) is 29.1 Å². The molecule has 0 spiro atoms. The third kappa shape index (κ3) is 3.88. The summed E-state index contributed by atoms with van der Waals surface area (Å²) in [6.45, 7) is 1.99. The van der Waals surface area contributed by atoms with Gasteiger partial charge in [0, 0.05) is 11.8 Å². The van der Waals surface area contributed by atoms with Crippen molar-refractivity contribution in [3.63, 3.8) is 0 Å². The molecule has 15 heavy (non-hydrogen) atoms. The molecule has 1 fully saturated rings. The van der Waals surface area contributed by atoms with Crippen molar-refractivity contribution < 1.29 is 14.3 Å². The van der Waals surface area contributed by atoms with E-state index in [9.17, 15) is 4.79 Å². The lowest BCUT2D eigenvalue weighted by molar-refractivity contribution is -0.129. The molecule has 0 bridgehead atoms. The minimum absolute atomic E-state index is 0.0448. The molecule has 1 heterocycles. The summed E-state index contributed by atoms with van der Waals surface area (Å²) in [5.74, 6) is 0.392. The summed E-state index contributed by atoms with van der Waals surface area (Å²) in [4.78, 5) is 11.2. The van der Waals surface area contributed by atoms with E-state index in [0.717, 1.165) is 19.3 Å². The number of furan rings is 1. The maximum absolute atomic E-state index is 11.2. The van der Waals surface area contributed by atoms with Crippen LogP contribution in [0.25, 0.3) is 0 Å². The fourth-order valence-electron chi connectivity index (χ4n) is 1.77. The van der Waals surface area contributed by atoms with Crippen LogP contribution in [-0.4, -0.2) is 17.5 Å². The minimum Gasteiger partial charge on any atom is -0.473 e. The molecule has 0 radical (unpaired) electrons. The normalized spacial score (nSPS) is 25.6. The van der Waals surface area contributed by atoms with E-state index in [2.05, 4.69) is 4.42 Å². The fourth-order valence-corrected chi connectivity index (χ4v) is 1.77. The summed E-state index contributed by atoms with van der Waals surface area (Å²) >= 11 is 0. The first-order valence-electron chi connectivity index (χ1n) is 5.37. The molecule has 1 saturated carbocycles. The van der Waals surface area contributed by atoms with Gasteiger partial charge in [-0.25, -0.2) is 0 Å². The molecule has 1 aromatic heterocycles. The highest BCUT2D eigenvalue weighted by molar-refractivity contribution is 5.83. The molecular weight excluding hydrogens is 192 g/mol. The molecule has 1 aliphatic carbocycles. The summed E-state index contributed by atoms with van der Waals surface area (Å²) in [5, 5.41) is 8.76. The largest absolute Gasteiger partial charge is 0.473 e. The van der Waals surface area contributed by atoms with E-state index in [1.165, 1.54) is 0 Å². The van der Waals surface area contributed by atoms with Gasteiger partial charge in [0.2, 0.25) is 0 Å². The Morgan fingerprint density at radius 2 is 2.07 bits per heavy atom. The molecule has 84 valence electrons. The average molecular weight is 210 g/mol. The molecule has 0 aromatic carbocycles. The van der Waals surface area contributed by atoms with Crippen LogP contribution in [0.4, 0.5) is 0 Å². The Kier molecular flexibility index (Phi) is 5.12. The van der Waals surface area contributed by atoms with Crippen molar-refractivity contribution >= 4 is 5.78 Å². The van der Waals surface area contributed by atoms with Gasteiger partial charge in [0.05, 0.1) is 19.1 Å². The van der Waals surface area contributed by atoms with Crippen LogP contribution in [-0.2, 0) is 4.79 Å². The maximum atomic E-state index is 11.2. The van der Waals surface area contributed by atoms with Crippen LogP contribution in [0.1, 0.15) is 26.2 Å². The monoisotopic (exact) mass is 210 g/mol. The molecule has 2 atom stereocenters. The number of rotatable bonds is 1. The van der Waals surface area contributed by atoms with E-state index < -0.39 is 0 Å². The molecule has 1 aliphatic rings. The second-order valence-electron chi connectivity index (χ2n) is 3.91. The first-order valence-corrected chi connectivity index (χ1v) is 5.37. The Balaban J connectivity index is 0.000000187. The van der Waals surface area contributed by atoms with Gasteiger partial charge >= 0.3 is 0 Å². The topological polar surface area (TPSA) is 50.4 Å². The highest BCUT2D eigenvalue weighted by Crippen LogP contribution is 2.24. The number of Topliss-reactive ketones (excluding diaryl/α,β-unsaturated/α-hetero) is 1. The smallest absolute Gasteiger partial charge is 0.141 e. The lowest BCUT2D eigenvalue weighted by atomic mass is 9.82. The molecule has 0 saturated heterocycles. The molecular formula is C12H18O3. The number of ketones is 1. The minimum atomic E-state index is -0.0521.